The number of rotatable bonds is 6. The molecule has 140 valence electrons. The van der Waals surface area contributed by atoms with Crippen molar-refractivity contribution in [2.75, 3.05) is 6.79 Å². The van der Waals surface area contributed by atoms with Gasteiger partial charge >= 0.3 is 0 Å². The lowest BCUT2D eigenvalue weighted by atomic mass is 10.2. The Bertz CT molecular complexity index is 1100. The molecule has 3 aromatic rings. The highest BCUT2D eigenvalue weighted by Gasteiger charge is 2.30. The number of ether oxygens (including phenoxy) is 2. The van der Waals surface area contributed by atoms with E-state index in [1.54, 1.807) is 29.6 Å². The summed E-state index contributed by atoms with van der Waals surface area (Å²) in [6, 6.07) is 6.88. The number of hydrogen-bond acceptors (Lipinski definition) is 8. The van der Waals surface area contributed by atoms with Crippen LogP contribution in [0.1, 0.15) is 30.2 Å². The standard InChI is InChI=1S/C17H15N3O5S2/c21-27(22,18-7-10-1-4-13-14(5-10)24-9-23-13)15-6-12(8-26-15)17-20-19-16(25-17)11-2-3-11/h1,4-6,8,11,18H,2-3,7,9H2. The maximum absolute atomic E-state index is 12.6. The minimum atomic E-state index is -3.65. The molecule has 0 radical (unpaired) electrons. The molecule has 0 saturated heterocycles. The van der Waals surface area contributed by atoms with Crippen LogP contribution in [0, 0.1) is 0 Å². The van der Waals surface area contributed by atoms with Gasteiger partial charge in [0, 0.05) is 17.8 Å². The van der Waals surface area contributed by atoms with E-state index in [-0.39, 0.29) is 17.5 Å². The summed E-state index contributed by atoms with van der Waals surface area (Å²) in [7, 11) is -3.65. The molecule has 2 aromatic heterocycles. The summed E-state index contributed by atoms with van der Waals surface area (Å²) in [6.07, 6.45) is 2.13. The van der Waals surface area contributed by atoms with E-state index in [0.29, 0.717) is 34.8 Å². The largest absolute Gasteiger partial charge is 0.454 e. The third-order valence-corrected chi connectivity index (χ3v) is 7.20. The Labute approximate surface area is 159 Å². The van der Waals surface area contributed by atoms with Crippen LogP contribution >= 0.6 is 11.3 Å². The monoisotopic (exact) mass is 405 g/mol. The minimum absolute atomic E-state index is 0.151. The van der Waals surface area contributed by atoms with E-state index in [4.69, 9.17) is 13.9 Å². The van der Waals surface area contributed by atoms with Gasteiger partial charge in [-0.15, -0.1) is 21.5 Å². The lowest BCUT2D eigenvalue weighted by Crippen LogP contribution is -2.22. The van der Waals surface area contributed by atoms with E-state index in [9.17, 15) is 8.42 Å². The zero-order valence-electron chi connectivity index (χ0n) is 14.0. The van der Waals surface area contributed by atoms with Crippen molar-refractivity contribution in [2.24, 2.45) is 0 Å². The second-order valence-electron chi connectivity index (χ2n) is 6.39. The van der Waals surface area contributed by atoms with Gasteiger partial charge in [-0.05, 0) is 36.6 Å². The van der Waals surface area contributed by atoms with Crippen LogP contribution in [0.2, 0.25) is 0 Å². The Morgan fingerprint density at radius 2 is 2.00 bits per heavy atom. The van der Waals surface area contributed by atoms with E-state index in [2.05, 4.69) is 14.9 Å². The van der Waals surface area contributed by atoms with Gasteiger partial charge in [0.15, 0.2) is 11.5 Å². The molecule has 1 fully saturated rings. The van der Waals surface area contributed by atoms with E-state index in [1.165, 1.54) is 0 Å². The van der Waals surface area contributed by atoms with E-state index in [0.717, 1.165) is 29.7 Å². The maximum atomic E-state index is 12.6. The molecule has 0 unspecified atom stereocenters. The Balaban J connectivity index is 1.30. The summed E-state index contributed by atoms with van der Waals surface area (Å²) in [5, 5.41) is 9.76. The lowest BCUT2D eigenvalue weighted by Gasteiger charge is -2.05. The number of nitrogens with one attached hydrogen (secondary N) is 1. The molecular formula is C17H15N3O5S2. The van der Waals surface area contributed by atoms with Gasteiger partial charge in [0.25, 0.3) is 0 Å². The second kappa shape index (κ2) is 6.32. The van der Waals surface area contributed by atoms with Crippen LogP contribution in [0.25, 0.3) is 11.5 Å². The number of aromatic nitrogens is 2. The molecule has 27 heavy (non-hydrogen) atoms. The van der Waals surface area contributed by atoms with E-state index in [1.807, 2.05) is 0 Å². The van der Waals surface area contributed by atoms with Crippen molar-refractivity contribution in [1.82, 2.24) is 14.9 Å². The predicted octanol–water partition coefficient (Wildman–Crippen LogP) is 2.88. The first-order valence-corrected chi connectivity index (χ1v) is 10.8. The molecule has 10 heteroatoms. The fourth-order valence-electron chi connectivity index (χ4n) is 2.72. The summed E-state index contributed by atoms with van der Waals surface area (Å²) in [6.45, 7) is 0.333. The van der Waals surface area contributed by atoms with Crippen molar-refractivity contribution in [3.05, 3.63) is 41.1 Å². The second-order valence-corrected chi connectivity index (χ2v) is 9.29. The first-order valence-electron chi connectivity index (χ1n) is 8.39. The van der Waals surface area contributed by atoms with Crippen molar-refractivity contribution in [1.29, 1.82) is 0 Å². The maximum Gasteiger partial charge on any atom is 0.250 e. The van der Waals surface area contributed by atoms with Crippen LogP contribution in [-0.2, 0) is 16.6 Å². The molecule has 1 aromatic carbocycles. The van der Waals surface area contributed by atoms with Crippen LogP contribution in [-0.4, -0.2) is 25.4 Å². The molecule has 1 N–H and O–H groups in total. The molecular weight excluding hydrogens is 390 g/mol. The van der Waals surface area contributed by atoms with E-state index < -0.39 is 10.0 Å². The van der Waals surface area contributed by atoms with Gasteiger partial charge in [-0.3, -0.25) is 0 Å². The molecule has 3 heterocycles. The van der Waals surface area contributed by atoms with Crippen LogP contribution in [0.3, 0.4) is 0 Å². The Hall–Kier alpha value is -2.43. The predicted molar refractivity (Wildman–Crippen MR) is 96.2 cm³/mol. The summed E-state index contributed by atoms with van der Waals surface area (Å²) < 4.78 is 44.2. The van der Waals surface area contributed by atoms with E-state index >= 15 is 0 Å². The number of hydrogen-bond donors (Lipinski definition) is 1. The number of thiophene rings is 1. The van der Waals surface area contributed by atoms with Gasteiger partial charge in [-0.2, -0.15) is 0 Å². The van der Waals surface area contributed by atoms with Gasteiger partial charge in [0.2, 0.25) is 28.6 Å². The van der Waals surface area contributed by atoms with Crippen LogP contribution in [0.15, 0.2) is 38.3 Å². The van der Waals surface area contributed by atoms with Crippen LogP contribution in [0.4, 0.5) is 0 Å². The fourth-order valence-corrected chi connectivity index (χ4v) is 4.93. The molecule has 1 aliphatic carbocycles. The molecule has 1 saturated carbocycles. The molecule has 0 atom stereocenters. The number of benzene rings is 1. The SMILES string of the molecule is O=S(=O)(NCc1ccc2c(c1)OCO2)c1cc(-c2nnc(C3CC3)o2)cs1. The third-order valence-electron chi connectivity index (χ3n) is 4.36. The van der Waals surface area contributed by atoms with Crippen LogP contribution in [0.5, 0.6) is 11.5 Å². The van der Waals surface area contributed by atoms with Gasteiger partial charge in [-0.25, -0.2) is 13.1 Å². The number of fused-ring (bicyclic) bond motifs is 1. The molecule has 0 bridgehead atoms. The van der Waals surface area contributed by atoms with Crippen molar-refractivity contribution in [3.63, 3.8) is 0 Å². The molecule has 8 nitrogen and oxygen atoms in total. The molecule has 0 amide bonds. The Kier molecular flexibility index (Phi) is 3.92. The first-order chi connectivity index (χ1) is 13.1. The first kappa shape index (κ1) is 16.7. The average molecular weight is 405 g/mol. The Morgan fingerprint density at radius 3 is 2.85 bits per heavy atom. The molecule has 2 aliphatic rings. The normalized spacial score (nSPS) is 16.0. The average Bonchev–Trinajstić information content (AvgIpc) is 3.09. The lowest BCUT2D eigenvalue weighted by molar-refractivity contribution is 0.174. The van der Waals surface area contributed by atoms with Crippen molar-refractivity contribution < 1.29 is 22.3 Å². The molecule has 1 aliphatic heterocycles. The highest BCUT2D eigenvalue weighted by Crippen LogP contribution is 2.40. The zero-order valence-corrected chi connectivity index (χ0v) is 15.7. The number of sulfonamides is 1. The summed E-state index contributed by atoms with van der Waals surface area (Å²) in [5.74, 6) is 2.62. The Morgan fingerprint density at radius 1 is 1.15 bits per heavy atom. The van der Waals surface area contributed by atoms with Crippen molar-refractivity contribution in [3.8, 4) is 23.0 Å². The highest BCUT2D eigenvalue weighted by atomic mass is 32.2. The zero-order chi connectivity index (χ0) is 18.4. The molecule has 0 spiro atoms. The summed E-state index contributed by atoms with van der Waals surface area (Å²) in [4.78, 5) is 0. The smallest absolute Gasteiger partial charge is 0.250 e. The van der Waals surface area contributed by atoms with Crippen LogP contribution < -0.4 is 14.2 Å². The summed E-state index contributed by atoms with van der Waals surface area (Å²) >= 11 is 1.12. The molecule has 5 rings (SSSR count). The third kappa shape index (κ3) is 3.31. The van der Waals surface area contributed by atoms with Gasteiger partial charge in [-0.1, -0.05) is 6.07 Å². The fraction of sp³-hybridized carbons (Fsp3) is 0.294. The highest BCUT2D eigenvalue weighted by molar-refractivity contribution is 7.91. The van der Waals surface area contributed by atoms with Crippen molar-refractivity contribution >= 4 is 21.4 Å². The summed E-state index contributed by atoms with van der Waals surface area (Å²) in [5.41, 5.74) is 1.40. The topological polar surface area (TPSA) is 104 Å². The minimum Gasteiger partial charge on any atom is -0.454 e. The van der Waals surface area contributed by atoms with Gasteiger partial charge in [0.1, 0.15) is 4.21 Å². The van der Waals surface area contributed by atoms with Crippen molar-refractivity contribution in [2.45, 2.75) is 29.5 Å². The quantitative estimate of drug-likeness (QED) is 0.672. The van der Waals surface area contributed by atoms with Gasteiger partial charge < -0.3 is 13.9 Å². The van der Waals surface area contributed by atoms with Gasteiger partial charge in [0.05, 0.1) is 5.56 Å². The number of nitrogens with zero attached hydrogens (tertiary/aromatic N) is 2.